The van der Waals surface area contributed by atoms with Gasteiger partial charge in [0.15, 0.2) is 0 Å². The summed E-state index contributed by atoms with van der Waals surface area (Å²) in [6.45, 7) is 2.85. The molecule has 1 aromatic carbocycles. The molecule has 2 aliphatic heterocycles. The summed E-state index contributed by atoms with van der Waals surface area (Å²) in [5.74, 6) is -1.25. The lowest BCUT2D eigenvalue weighted by molar-refractivity contribution is -0.123. The minimum atomic E-state index is -3.88. The van der Waals surface area contributed by atoms with Crippen molar-refractivity contribution in [2.24, 2.45) is 0 Å². The monoisotopic (exact) mass is 477 g/mol. The van der Waals surface area contributed by atoms with Gasteiger partial charge >= 0.3 is 5.97 Å². The molecule has 0 bridgehead atoms. The molecule has 9 nitrogen and oxygen atoms in total. The number of sulfonamides is 1. The van der Waals surface area contributed by atoms with E-state index in [1.165, 1.54) is 27.8 Å². The van der Waals surface area contributed by atoms with Crippen LogP contribution in [0.2, 0.25) is 0 Å². The Balaban J connectivity index is 1.45. The summed E-state index contributed by atoms with van der Waals surface area (Å²) >= 11 is 1.02. The summed E-state index contributed by atoms with van der Waals surface area (Å²) in [5, 5.41) is 1.54. The van der Waals surface area contributed by atoms with Crippen molar-refractivity contribution in [2.75, 3.05) is 38.2 Å². The molecule has 2 amide bonds. The van der Waals surface area contributed by atoms with E-state index >= 15 is 0 Å². The molecule has 0 N–H and O–H groups in total. The van der Waals surface area contributed by atoms with Gasteiger partial charge in [0.2, 0.25) is 15.9 Å². The molecule has 4 rings (SSSR count). The van der Waals surface area contributed by atoms with Gasteiger partial charge in [-0.15, -0.1) is 11.3 Å². The Morgan fingerprint density at radius 1 is 1.06 bits per heavy atom. The smallest absolute Gasteiger partial charge is 0.349 e. The first-order valence-electron chi connectivity index (χ1n) is 10.1. The Morgan fingerprint density at radius 3 is 2.34 bits per heavy atom. The summed E-state index contributed by atoms with van der Waals surface area (Å²) in [4.78, 5) is 40.5. The molecule has 2 fully saturated rings. The Morgan fingerprint density at radius 2 is 1.72 bits per heavy atom. The van der Waals surface area contributed by atoms with E-state index in [2.05, 4.69) is 4.74 Å². The summed E-state index contributed by atoms with van der Waals surface area (Å²) in [6.07, 6.45) is 0.0660. The summed E-state index contributed by atoms with van der Waals surface area (Å²) < 4.78 is 32.1. The molecule has 0 aliphatic carbocycles. The highest BCUT2D eigenvalue weighted by Gasteiger charge is 2.44. The van der Waals surface area contributed by atoms with Crippen LogP contribution >= 0.6 is 11.3 Å². The number of benzene rings is 1. The first kappa shape index (κ1) is 22.6. The van der Waals surface area contributed by atoms with Crippen LogP contribution in [0, 0.1) is 6.92 Å². The van der Waals surface area contributed by atoms with Crippen molar-refractivity contribution in [1.82, 2.24) is 9.21 Å². The van der Waals surface area contributed by atoms with Crippen LogP contribution in [0.5, 0.6) is 0 Å². The van der Waals surface area contributed by atoms with Crippen molar-refractivity contribution in [3.63, 3.8) is 0 Å². The van der Waals surface area contributed by atoms with Crippen molar-refractivity contribution in [3.8, 4) is 0 Å². The van der Waals surface area contributed by atoms with Gasteiger partial charge in [-0.25, -0.2) is 18.1 Å². The molecule has 11 heteroatoms. The fourth-order valence-corrected chi connectivity index (χ4v) is 6.73. The largest absolute Gasteiger partial charge is 0.465 e. The highest BCUT2D eigenvalue weighted by Crippen LogP contribution is 2.29. The number of methoxy groups -OCH3 is 1. The average Bonchev–Trinajstić information content (AvgIpc) is 3.39. The molecule has 2 saturated heterocycles. The van der Waals surface area contributed by atoms with Crippen LogP contribution in [0.4, 0.5) is 5.69 Å². The van der Waals surface area contributed by atoms with Gasteiger partial charge in [-0.1, -0.05) is 17.7 Å². The van der Waals surface area contributed by atoms with Gasteiger partial charge in [0.1, 0.15) is 9.77 Å². The molecule has 0 saturated carbocycles. The average molecular weight is 478 g/mol. The molecule has 0 spiro atoms. The first-order valence-corrected chi connectivity index (χ1v) is 12.4. The van der Waals surface area contributed by atoms with Crippen LogP contribution in [0.25, 0.3) is 0 Å². The number of imide groups is 1. The predicted octanol–water partition coefficient (Wildman–Crippen LogP) is 1.48. The number of hydrogen-bond acceptors (Lipinski definition) is 8. The van der Waals surface area contributed by atoms with Crippen molar-refractivity contribution in [3.05, 3.63) is 46.2 Å². The van der Waals surface area contributed by atoms with E-state index in [9.17, 15) is 22.8 Å². The summed E-state index contributed by atoms with van der Waals surface area (Å²) in [5.41, 5.74) is 1.57. The maximum absolute atomic E-state index is 13.1. The number of rotatable bonds is 5. The van der Waals surface area contributed by atoms with Crippen LogP contribution in [0.1, 0.15) is 21.7 Å². The number of nitrogens with zero attached hydrogens (tertiary/aromatic N) is 3. The minimum Gasteiger partial charge on any atom is -0.465 e. The number of hydrogen-bond donors (Lipinski definition) is 0. The van der Waals surface area contributed by atoms with Crippen molar-refractivity contribution >= 4 is 44.8 Å². The topological polar surface area (TPSA) is 104 Å². The summed E-state index contributed by atoms with van der Waals surface area (Å²) in [6, 6.07) is 7.98. The molecule has 170 valence electrons. The lowest BCUT2D eigenvalue weighted by Gasteiger charge is -2.36. The SMILES string of the molecule is COC(=O)c1sccc1S(=O)(=O)N1CCN([C@H]2CC(=O)N(c3ccc(C)cc3)C2=O)CC1. The molecule has 32 heavy (non-hydrogen) atoms. The Hall–Kier alpha value is -2.60. The zero-order valence-corrected chi connectivity index (χ0v) is 19.3. The Labute approximate surface area is 190 Å². The lowest BCUT2D eigenvalue weighted by Crippen LogP contribution is -2.53. The van der Waals surface area contributed by atoms with Gasteiger partial charge in [0.25, 0.3) is 5.91 Å². The second-order valence-corrected chi connectivity index (χ2v) is 10.5. The van der Waals surface area contributed by atoms with E-state index in [-0.39, 0.29) is 41.1 Å². The van der Waals surface area contributed by atoms with Crippen LogP contribution in [-0.4, -0.2) is 74.7 Å². The maximum atomic E-state index is 13.1. The van der Waals surface area contributed by atoms with Crippen molar-refractivity contribution in [2.45, 2.75) is 24.3 Å². The highest BCUT2D eigenvalue weighted by molar-refractivity contribution is 7.89. The van der Waals surface area contributed by atoms with Gasteiger partial charge in [0, 0.05) is 26.2 Å². The van der Waals surface area contributed by atoms with Crippen LogP contribution in [0.15, 0.2) is 40.6 Å². The van der Waals surface area contributed by atoms with Gasteiger partial charge in [0.05, 0.1) is 25.3 Å². The molecule has 1 atom stereocenters. The molecule has 3 heterocycles. The standard InChI is InChI=1S/C21H23N3O6S2/c1-14-3-5-15(6-4-14)24-18(25)13-16(20(24)26)22-8-10-23(11-9-22)32(28,29)17-7-12-31-19(17)21(27)30-2/h3-7,12,16H,8-11,13H2,1-2H3/t16-/m0/s1. The van der Waals surface area contributed by atoms with Crippen LogP contribution in [-0.2, 0) is 24.3 Å². The van der Waals surface area contributed by atoms with E-state index in [4.69, 9.17) is 0 Å². The third kappa shape index (κ3) is 3.96. The van der Waals surface area contributed by atoms with Gasteiger partial charge < -0.3 is 4.74 Å². The van der Waals surface area contributed by atoms with E-state index < -0.39 is 22.0 Å². The zero-order chi connectivity index (χ0) is 23.0. The third-order valence-corrected chi connectivity index (χ3v) is 8.71. The van der Waals surface area contributed by atoms with Crippen molar-refractivity contribution < 1.29 is 27.5 Å². The summed E-state index contributed by atoms with van der Waals surface area (Å²) in [7, 11) is -2.67. The number of carbonyl (C=O) groups excluding carboxylic acids is 3. The number of esters is 1. The van der Waals surface area contributed by atoms with E-state index in [1.807, 2.05) is 24.0 Å². The molecule has 0 radical (unpaired) electrons. The number of ether oxygens (including phenoxy) is 1. The van der Waals surface area contributed by atoms with Crippen molar-refractivity contribution in [1.29, 1.82) is 0 Å². The number of carbonyl (C=O) groups is 3. The molecular weight excluding hydrogens is 454 g/mol. The predicted molar refractivity (Wildman–Crippen MR) is 118 cm³/mol. The molecule has 1 aromatic heterocycles. The molecule has 2 aliphatic rings. The molecule has 0 unspecified atom stereocenters. The van der Waals surface area contributed by atoms with Gasteiger partial charge in [-0.2, -0.15) is 4.31 Å². The number of aryl methyl sites for hydroxylation is 1. The van der Waals surface area contributed by atoms with Crippen LogP contribution in [0.3, 0.4) is 0 Å². The number of piperazine rings is 1. The zero-order valence-electron chi connectivity index (χ0n) is 17.7. The van der Waals surface area contributed by atoms with Gasteiger partial charge in [-0.05, 0) is 30.5 Å². The lowest BCUT2D eigenvalue weighted by atomic mass is 10.2. The quantitative estimate of drug-likeness (QED) is 0.475. The number of anilines is 1. The Kier molecular flexibility index (Phi) is 6.17. The fraction of sp³-hybridized carbons (Fsp3) is 0.381. The number of amides is 2. The van der Waals surface area contributed by atoms with E-state index in [1.54, 1.807) is 12.1 Å². The first-order chi connectivity index (χ1) is 15.2. The highest BCUT2D eigenvalue weighted by atomic mass is 32.2. The van der Waals surface area contributed by atoms with E-state index in [0.29, 0.717) is 18.8 Å². The number of thiophene rings is 1. The normalized spacial score (nSPS) is 20.7. The van der Waals surface area contributed by atoms with Crippen LogP contribution < -0.4 is 4.90 Å². The maximum Gasteiger partial charge on any atom is 0.349 e. The minimum absolute atomic E-state index is 0.0419. The molecular formula is C21H23N3O6S2. The second-order valence-electron chi connectivity index (χ2n) is 7.67. The fourth-order valence-electron chi connectivity index (χ4n) is 4.00. The Bertz CT molecular complexity index is 1150. The molecule has 2 aromatic rings. The second kappa shape index (κ2) is 8.74. The third-order valence-electron chi connectivity index (χ3n) is 5.75. The van der Waals surface area contributed by atoms with E-state index in [0.717, 1.165) is 16.9 Å². The van der Waals surface area contributed by atoms with Gasteiger partial charge in [-0.3, -0.25) is 14.5 Å².